The van der Waals surface area contributed by atoms with Crippen LogP contribution in [0.3, 0.4) is 0 Å². The number of rotatable bonds is 5. The van der Waals surface area contributed by atoms with Crippen molar-refractivity contribution >= 4 is 22.9 Å². The maximum atomic E-state index is 13.8. The normalized spacial score (nSPS) is 21.2. The van der Waals surface area contributed by atoms with Crippen molar-refractivity contribution in [2.45, 2.75) is 63.6 Å². The van der Waals surface area contributed by atoms with Crippen LogP contribution in [0.15, 0.2) is 48.5 Å². The molecule has 0 amide bonds. The molecule has 33 heavy (non-hydrogen) atoms. The number of aliphatic hydroxyl groups excluding tert-OH is 1. The summed E-state index contributed by atoms with van der Waals surface area (Å²) in [6.07, 6.45) is 5.26. The second-order valence-electron chi connectivity index (χ2n) is 9.48. The van der Waals surface area contributed by atoms with Crippen molar-refractivity contribution in [2.24, 2.45) is 0 Å². The maximum absolute atomic E-state index is 13.8. The van der Waals surface area contributed by atoms with E-state index in [1.54, 1.807) is 0 Å². The summed E-state index contributed by atoms with van der Waals surface area (Å²) in [4.78, 5) is 16.9. The van der Waals surface area contributed by atoms with Gasteiger partial charge in [0.15, 0.2) is 0 Å². The molecular formula is C28H28FNO3. The van der Waals surface area contributed by atoms with Crippen LogP contribution in [-0.4, -0.2) is 28.3 Å². The number of pyridine rings is 1. The van der Waals surface area contributed by atoms with Gasteiger partial charge in [0.05, 0.1) is 23.7 Å². The van der Waals surface area contributed by atoms with Crippen LogP contribution in [0.25, 0.3) is 28.1 Å². The molecule has 170 valence electrons. The number of fused-ring (bicyclic) bond motifs is 1. The third-order valence-electron chi connectivity index (χ3n) is 6.51. The Kier molecular flexibility index (Phi) is 5.75. The molecule has 1 saturated carbocycles. The predicted octanol–water partition coefficient (Wildman–Crippen LogP) is 6.12. The highest BCUT2D eigenvalue weighted by atomic mass is 19.1. The van der Waals surface area contributed by atoms with E-state index in [1.165, 1.54) is 17.7 Å². The molecule has 0 radical (unpaired) electrons. The molecule has 1 N–H and O–H groups in total. The molecule has 0 spiro atoms. The number of aliphatic hydroxyl groups is 1. The second kappa shape index (κ2) is 8.71. The Labute approximate surface area is 193 Å². The Hall–Kier alpha value is -3.05. The summed E-state index contributed by atoms with van der Waals surface area (Å²) in [5.74, 6) is 0.0867. The number of aromatic nitrogens is 1. The van der Waals surface area contributed by atoms with E-state index in [1.807, 2.05) is 24.3 Å². The molecular weight excluding hydrogens is 417 g/mol. The highest BCUT2D eigenvalue weighted by Crippen LogP contribution is 2.45. The van der Waals surface area contributed by atoms with Gasteiger partial charge in [-0.3, -0.25) is 9.78 Å². The van der Waals surface area contributed by atoms with Crippen molar-refractivity contribution in [3.8, 4) is 11.1 Å². The summed E-state index contributed by atoms with van der Waals surface area (Å²) in [6, 6.07) is 13.0. The maximum Gasteiger partial charge on any atom is 0.309 e. The molecule has 1 saturated heterocycles. The third-order valence-corrected chi connectivity index (χ3v) is 6.51. The van der Waals surface area contributed by atoms with Gasteiger partial charge in [-0.05, 0) is 60.2 Å². The minimum Gasteiger partial charge on any atom is -0.458 e. The monoisotopic (exact) mass is 445 g/mol. The van der Waals surface area contributed by atoms with Crippen molar-refractivity contribution in [3.05, 3.63) is 71.2 Å². The van der Waals surface area contributed by atoms with Crippen LogP contribution in [0.2, 0.25) is 0 Å². The number of cyclic esters (lactones) is 1. The van der Waals surface area contributed by atoms with Crippen LogP contribution in [0, 0.1) is 5.82 Å². The van der Waals surface area contributed by atoms with E-state index in [0.29, 0.717) is 18.3 Å². The standard InChI is InChI=1S/C28H28FNO3/c1-16(2)19-7-12-25-24(13-19)27(17-5-8-20(29)9-6-17)23(28(30-25)18-3-4-18)11-10-22-14-21(31)15-26(32)33-22/h5-13,16,18,21-22,31H,3-4,14-15H2,1-2H3/b11-10+. The summed E-state index contributed by atoms with van der Waals surface area (Å²) in [5, 5.41) is 11.0. The van der Waals surface area contributed by atoms with Gasteiger partial charge in [0.1, 0.15) is 11.9 Å². The molecule has 2 fully saturated rings. The van der Waals surface area contributed by atoms with Crippen LogP contribution < -0.4 is 0 Å². The molecule has 5 rings (SSSR count). The fourth-order valence-electron chi connectivity index (χ4n) is 4.57. The molecule has 1 aliphatic heterocycles. The molecule has 1 aliphatic carbocycles. The zero-order valence-corrected chi connectivity index (χ0v) is 18.9. The van der Waals surface area contributed by atoms with Crippen molar-refractivity contribution in [1.29, 1.82) is 0 Å². The molecule has 2 aromatic carbocycles. The summed E-state index contributed by atoms with van der Waals surface area (Å²) >= 11 is 0. The Morgan fingerprint density at radius 2 is 1.91 bits per heavy atom. The van der Waals surface area contributed by atoms with Gasteiger partial charge in [0.25, 0.3) is 0 Å². The topological polar surface area (TPSA) is 59.4 Å². The molecule has 2 aliphatic rings. The van der Waals surface area contributed by atoms with E-state index in [0.717, 1.165) is 46.1 Å². The minimum atomic E-state index is -0.691. The van der Waals surface area contributed by atoms with Crippen LogP contribution in [0.4, 0.5) is 4.39 Å². The van der Waals surface area contributed by atoms with E-state index < -0.39 is 12.2 Å². The molecule has 0 bridgehead atoms. The van der Waals surface area contributed by atoms with Gasteiger partial charge >= 0.3 is 5.97 Å². The molecule has 3 aromatic rings. The average molecular weight is 446 g/mol. The molecule has 2 atom stereocenters. The fraction of sp³-hybridized carbons (Fsp3) is 0.357. The Bertz CT molecular complexity index is 1230. The largest absolute Gasteiger partial charge is 0.458 e. The number of esters is 1. The lowest BCUT2D eigenvalue weighted by Gasteiger charge is -2.24. The first kappa shape index (κ1) is 21.8. The van der Waals surface area contributed by atoms with Crippen molar-refractivity contribution in [3.63, 3.8) is 0 Å². The molecule has 5 heteroatoms. The SMILES string of the molecule is CC(C)c1ccc2nc(C3CC3)c(/C=C/C3CC(O)CC(=O)O3)c(-c3ccc(F)cc3)c2c1. The zero-order chi connectivity index (χ0) is 23.1. The Morgan fingerprint density at radius 3 is 2.58 bits per heavy atom. The third kappa shape index (κ3) is 4.55. The van der Waals surface area contributed by atoms with E-state index in [4.69, 9.17) is 9.72 Å². The first-order chi connectivity index (χ1) is 15.9. The quantitative estimate of drug-likeness (QED) is 0.481. The van der Waals surface area contributed by atoms with Crippen molar-refractivity contribution < 1.29 is 19.0 Å². The van der Waals surface area contributed by atoms with Crippen molar-refractivity contribution in [1.82, 2.24) is 4.98 Å². The number of nitrogens with zero attached hydrogens (tertiary/aromatic N) is 1. The highest BCUT2D eigenvalue weighted by Gasteiger charge is 2.30. The van der Waals surface area contributed by atoms with E-state index in [2.05, 4.69) is 32.0 Å². The lowest BCUT2D eigenvalue weighted by molar-refractivity contribution is -0.156. The fourth-order valence-corrected chi connectivity index (χ4v) is 4.57. The van der Waals surface area contributed by atoms with Gasteiger partial charge < -0.3 is 9.84 Å². The van der Waals surface area contributed by atoms with Gasteiger partial charge in [0.2, 0.25) is 0 Å². The van der Waals surface area contributed by atoms with Gasteiger partial charge in [-0.15, -0.1) is 0 Å². The number of benzene rings is 2. The summed E-state index contributed by atoms with van der Waals surface area (Å²) in [5.41, 5.74) is 6.09. The number of carbonyl (C=O) groups excluding carboxylic acids is 1. The predicted molar refractivity (Wildman–Crippen MR) is 127 cm³/mol. The first-order valence-corrected chi connectivity index (χ1v) is 11.7. The first-order valence-electron chi connectivity index (χ1n) is 11.7. The van der Waals surface area contributed by atoms with Crippen LogP contribution >= 0.6 is 0 Å². The van der Waals surface area contributed by atoms with Crippen LogP contribution in [0.1, 0.15) is 68.2 Å². The molecule has 4 nitrogen and oxygen atoms in total. The van der Waals surface area contributed by atoms with Gasteiger partial charge in [-0.1, -0.05) is 38.1 Å². The summed E-state index contributed by atoms with van der Waals surface area (Å²) in [7, 11) is 0. The van der Waals surface area contributed by atoms with E-state index >= 15 is 0 Å². The van der Waals surface area contributed by atoms with E-state index in [9.17, 15) is 14.3 Å². The second-order valence-corrected chi connectivity index (χ2v) is 9.48. The Balaban J connectivity index is 1.72. The number of hydrogen-bond donors (Lipinski definition) is 1. The van der Waals surface area contributed by atoms with Crippen LogP contribution in [0.5, 0.6) is 0 Å². The van der Waals surface area contributed by atoms with Crippen LogP contribution in [-0.2, 0) is 9.53 Å². The number of halogens is 1. The lowest BCUT2D eigenvalue weighted by atomic mass is 9.90. The van der Waals surface area contributed by atoms with Gasteiger partial charge in [-0.25, -0.2) is 4.39 Å². The number of carbonyl (C=O) groups is 1. The average Bonchev–Trinajstić information content (AvgIpc) is 3.62. The summed E-state index contributed by atoms with van der Waals surface area (Å²) in [6.45, 7) is 4.32. The van der Waals surface area contributed by atoms with Gasteiger partial charge in [-0.2, -0.15) is 0 Å². The summed E-state index contributed by atoms with van der Waals surface area (Å²) < 4.78 is 19.2. The van der Waals surface area contributed by atoms with Crippen molar-refractivity contribution in [2.75, 3.05) is 0 Å². The number of ether oxygens (including phenoxy) is 1. The molecule has 2 heterocycles. The molecule has 2 unspecified atom stereocenters. The Morgan fingerprint density at radius 1 is 1.15 bits per heavy atom. The molecule has 1 aromatic heterocycles. The lowest BCUT2D eigenvalue weighted by Crippen LogP contribution is -2.31. The van der Waals surface area contributed by atoms with E-state index in [-0.39, 0.29) is 18.2 Å². The smallest absolute Gasteiger partial charge is 0.309 e. The highest BCUT2D eigenvalue weighted by molar-refractivity contribution is 6.00. The minimum absolute atomic E-state index is 0.0357. The number of hydrogen-bond acceptors (Lipinski definition) is 4. The zero-order valence-electron chi connectivity index (χ0n) is 18.9. The van der Waals surface area contributed by atoms with Gasteiger partial charge in [0, 0.05) is 28.9 Å².